The van der Waals surface area contributed by atoms with Crippen LogP contribution >= 0.6 is 11.8 Å². The average molecular weight is 339 g/mol. The van der Waals surface area contributed by atoms with Crippen LogP contribution in [0.15, 0.2) is 29.2 Å². The normalized spacial score (nSPS) is 28.7. The molecule has 0 radical (unpaired) electrons. The van der Waals surface area contributed by atoms with E-state index in [-0.39, 0.29) is 17.9 Å². The van der Waals surface area contributed by atoms with Crippen LogP contribution in [0.3, 0.4) is 0 Å². The molecule has 3 rings (SSSR count). The lowest BCUT2D eigenvalue weighted by molar-refractivity contribution is 0.101. The van der Waals surface area contributed by atoms with Gasteiger partial charge in [0, 0.05) is 22.9 Å². The molecule has 0 spiro atoms. The second kappa shape index (κ2) is 5.98. The second-order valence-corrected chi connectivity index (χ2v) is 9.11. The number of carbonyl (C=O) groups excluding carboxylic acids is 1. The molecule has 2 aliphatic heterocycles. The van der Waals surface area contributed by atoms with Gasteiger partial charge in [-0.15, -0.1) is 0 Å². The molecule has 2 fully saturated rings. The summed E-state index contributed by atoms with van der Waals surface area (Å²) in [5, 5.41) is 0.573. The highest BCUT2D eigenvalue weighted by atomic mass is 32.2. The summed E-state index contributed by atoms with van der Waals surface area (Å²) in [5.41, 5.74) is 0.544. The topological polar surface area (TPSA) is 54.5 Å². The van der Waals surface area contributed by atoms with Crippen LogP contribution in [0.2, 0.25) is 0 Å². The predicted octanol–water partition coefficient (Wildman–Crippen LogP) is 2.94. The Morgan fingerprint density at radius 3 is 2.14 bits per heavy atom. The number of sulfonamides is 1. The van der Waals surface area contributed by atoms with Crippen molar-refractivity contribution in [2.45, 2.75) is 54.8 Å². The summed E-state index contributed by atoms with van der Waals surface area (Å²) in [6.07, 6.45) is 5.93. The van der Waals surface area contributed by atoms with Crippen LogP contribution in [-0.4, -0.2) is 42.1 Å². The molecule has 22 heavy (non-hydrogen) atoms. The zero-order valence-corrected chi connectivity index (χ0v) is 14.5. The standard InChI is InChI=1S/C16H21NO3S2/c1-11(18)12-3-7-16(8-4-12)22(19,20)17-13-5-6-14(17)10-15(9-13)21-2/h3-4,7-8,13-15H,5-6,9-10H2,1-2H3. The molecule has 120 valence electrons. The van der Waals surface area contributed by atoms with Crippen molar-refractivity contribution in [3.8, 4) is 0 Å². The molecule has 2 aliphatic rings. The van der Waals surface area contributed by atoms with Crippen molar-refractivity contribution in [1.29, 1.82) is 0 Å². The first-order valence-corrected chi connectivity index (χ1v) is 10.3. The Morgan fingerprint density at radius 2 is 1.68 bits per heavy atom. The third-order valence-corrected chi connectivity index (χ3v) is 7.86. The molecule has 1 aromatic rings. The minimum Gasteiger partial charge on any atom is -0.295 e. The van der Waals surface area contributed by atoms with Gasteiger partial charge in [-0.05, 0) is 51.0 Å². The molecule has 2 saturated heterocycles. The summed E-state index contributed by atoms with van der Waals surface area (Å²) in [7, 11) is -3.46. The monoisotopic (exact) mass is 339 g/mol. The van der Waals surface area contributed by atoms with Gasteiger partial charge in [-0.2, -0.15) is 16.1 Å². The number of benzene rings is 1. The molecular weight excluding hydrogens is 318 g/mol. The van der Waals surface area contributed by atoms with Crippen molar-refractivity contribution in [2.75, 3.05) is 6.26 Å². The van der Waals surface area contributed by atoms with Gasteiger partial charge in [0.2, 0.25) is 10.0 Å². The highest BCUT2D eigenvalue weighted by Gasteiger charge is 2.46. The quantitative estimate of drug-likeness (QED) is 0.792. The number of nitrogens with zero attached hydrogens (tertiary/aromatic N) is 1. The number of thioether (sulfide) groups is 1. The Morgan fingerprint density at radius 1 is 1.14 bits per heavy atom. The van der Waals surface area contributed by atoms with E-state index in [0.29, 0.717) is 15.7 Å². The summed E-state index contributed by atoms with van der Waals surface area (Å²) in [6.45, 7) is 1.48. The average Bonchev–Trinajstić information content (AvgIpc) is 2.79. The Hall–Kier alpha value is -0.850. The van der Waals surface area contributed by atoms with Crippen molar-refractivity contribution in [2.24, 2.45) is 0 Å². The summed E-state index contributed by atoms with van der Waals surface area (Å²) >= 11 is 1.85. The van der Waals surface area contributed by atoms with Crippen LogP contribution in [-0.2, 0) is 10.0 Å². The number of fused-ring (bicyclic) bond motifs is 2. The molecule has 6 heteroatoms. The van der Waals surface area contributed by atoms with Gasteiger partial charge in [0.15, 0.2) is 5.78 Å². The zero-order valence-electron chi connectivity index (χ0n) is 12.9. The Kier molecular flexibility index (Phi) is 4.36. The van der Waals surface area contributed by atoms with Crippen molar-refractivity contribution in [3.05, 3.63) is 29.8 Å². The third kappa shape index (κ3) is 2.72. The van der Waals surface area contributed by atoms with Crippen LogP contribution in [0.5, 0.6) is 0 Å². The number of carbonyl (C=O) groups is 1. The number of ketones is 1. The van der Waals surface area contributed by atoms with E-state index in [2.05, 4.69) is 6.26 Å². The summed E-state index contributed by atoms with van der Waals surface area (Å²) in [5.74, 6) is -0.0511. The van der Waals surface area contributed by atoms with Crippen molar-refractivity contribution >= 4 is 27.6 Å². The van der Waals surface area contributed by atoms with Gasteiger partial charge in [0.25, 0.3) is 0 Å². The van der Waals surface area contributed by atoms with Crippen molar-refractivity contribution in [3.63, 3.8) is 0 Å². The molecule has 0 N–H and O–H groups in total. The molecule has 1 aromatic carbocycles. The van der Waals surface area contributed by atoms with E-state index in [1.807, 2.05) is 11.8 Å². The van der Waals surface area contributed by atoms with E-state index in [9.17, 15) is 13.2 Å². The number of hydrogen-bond acceptors (Lipinski definition) is 4. The first kappa shape index (κ1) is 16.0. The fraction of sp³-hybridized carbons (Fsp3) is 0.562. The molecule has 2 heterocycles. The van der Waals surface area contributed by atoms with Gasteiger partial charge < -0.3 is 0 Å². The fourth-order valence-electron chi connectivity index (χ4n) is 3.65. The largest absolute Gasteiger partial charge is 0.295 e. The second-order valence-electron chi connectivity index (χ2n) is 6.13. The lowest BCUT2D eigenvalue weighted by atomic mass is 10.1. The van der Waals surface area contributed by atoms with Gasteiger partial charge in [0.1, 0.15) is 0 Å². The van der Waals surface area contributed by atoms with Crippen LogP contribution < -0.4 is 0 Å². The van der Waals surface area contributed by atoms with E-state index in [4.69, 9.17) is 0 Å². The van der Waals surface area contributed by atoms with Crippen LogP contribution in [0, 0.1) is 0 Å². The van der Waals surface area contributed by atoms with Gasteiger partial charge in [-0.25, -0.2) is 8.42 Å². The first-order chi connectivity index (χ1) is 10.4. The van der Waals surface area contributed by atoms with Gasteiger partial charge in [0.05, 0.1) is 4.90 Å². The molecule has 2 atom stereocenters. The number of hydrogen-bond donors (Lipinski definition) is 0. The van der Waals surface area contributed by atoms with E-state index in [0.717, 1.165) is 25.7 Å². The molecule has 2 bridgehead atoms. The summed E-state index contributed by atoms with van der Waals surface area (Å²) in [4.78, 5) is 11.6. The van der Waals surface area contributed by atoms with Gasteiger partial charge in [-0.1, -0.05) is 12.1 Å². The highest BCUT2D eigenvalue weighted by Crippen LogP contribution is 2.42. The van der Waals surface area contributed by atoms with Crippen LogP contribution in [0.4, 0.5) is 0 Å². The number of Topliss-reactive ketones (excluding diaryl/α,β-unsaturated/α-hetero) is 1. The van der Waals surface area contributed by atoms with E-state index in [1.54, 1.807) is 28.6 Å². The molecule has 4 nitrogen and oxygen atoms in total. The van der Waals surface area contributed by atoms with Gasteiger partial charge in [-0.3, -0.25) is 4.79 Å². The lowest BCUT2D eigenvalue weighted by Gasteiger charge is -2.37. The molecular formula is C16H21NO3S2. The van der Waals surface area contributed by atoms with E-state index >= 15 is 0 Å². The summed E-state index contributed by atoms with van der Waals surface area (Å²) in [6, 6.07) is 6.60. The minimum absolute atomic E-state index is 0.0511. The number of piperidine rings is 1. The maximum absolute atomic E-state index is 13.0. The molecule has 0 saturated carbocycles. The molecule has 0 aromatic heterocycles. The Balaban J connectivity index is 1.89. The van der Waals surface area contributed by atoms with Gasteiger partial charge >= 0.3 is 0 Å². The van der Waals surface area contributed by atoms with E-state index in [1.165, 1.54) is 6.92 Å². The van der Waals surface area contributed by atoms with Crippen LogP contribution in [0.1, 0.15) is 43.0 Å². The SMILES string of the molecule is CSC1CC2CCC(C1)N2S(=O)(=O)c1ccc(C(C)=O)cc1. The van der Waals surface area contributed by atoms with Crippen molar-refractivity contribution in [1.82, 2.24) is 4.31 Å². The molecule has 2 unspecified atom stereocenters. The van der Waals surface area contributed by atoms with E-state index < -0.39 is 10.0 Å². The maximum atomic E-state index is 13.0. The Labute approximate surface area is 136 Å². The first-order valence-electron chi connectivity index (χ1n) is 7.61. The highest BCUT2D eigenvalue weighted by molar-refractivity contribution is 7.99. The summed E-state index contributed by atoms with van der Waals surface area (Å²) < 4.78 is 27.7. The minimum atomic E-state index is -3.46. The molecule has 0 aliphatic carbocycles. The fourth-order valence-corrected chi connectivity index (χ4v) is 6.37. The van der Waals surface area contributed by atoms with Crippen molar-refractivity contribution < 1.29 is 13.2 Å². The zero-order chi connectivity index (χ0) is 15.9. The Bertz CT molecular complexity index is 655. The third-order valence-electron chi connectivity index (χ3n) is 4.79. The smallest absolute Gasteiger partial charge is 0.243 e. The number of rotatable bonds is 4. The maximum Gasteiger partial charge on any atom is 0.243 e. The molecule has 0 amide bonds. The lowest BCUT2D eigenvalue weighted by Crippen LogP contribution is -2.47. The predicted molar refractivity (Wildman–Crippen MR) is 88.8 cm³/mol. The van der Waals surface area contributed by atoms with Crippen LogP contribution in [0.25, 0.3) is 0 Å².